The second-order valence-electron chi connectivity index (χ2n) is 5.86. The van der Waals surface area contributed by atoms with Crippen molar-refractivity contribution in [3.05, 3.63) is 46.1 Å². The lowest BCUT2D eigenvalue weighted by Crippen LogP contribution is -2.49. The normalized spacial score (nSPS) is 19.1. The second kappa shape index (κ2) is 6.29. The van der Waals surface area contributed by atoms with E-state index < -0.39 is 0 Å². The van der Waals surface area contributed by atoms with Crippen LogP contribution in [-0.2, 0) is 0 Å². The number of halogens is 1. The molecule has 3 rings (SSSR count). The van der Waals surface area contributed by atoms with Gasteiger partial charge >= 0.3 is 0 Å². The molecule has 0 aliphatic carbocycles. The highest BCUT2D eigenvalue weighted by Crippen LogP contribution is 2.26. The van der Waals surface area contributed by atoms with Crippen molar-refractivity contribution in [3.63, 3.8) is 0 Å². The zero-order valence-corrected chi connectivity index (χ0v) is 14.2. The van der Waals surface area contributed by atoms with Crippen molar-refractivity contribution >= 4 is 17.5 Å². The summed E-state index contributed by atoms with van der Waals surface area (Å²) < 4.78 is 5.28. The fraction of sp³-hybridized carbons (Fsp3) is 0.438. The van der Waals surface area contributed by atoms with Gasteiger partial charge in [-0.3, -0.25) is 9.69 Å². The summed E-state index contributed by atoms with van der Waals surface area (Å²) in [6.07, 6.45) is 0. The number of benzene rings is 1. The summed E-state index contributed by atoms with van der Waals surface area (Å²) in [4.78, 5) is 21.0. The Morgan fingerprint density at radius 3 is 2.83 bits per heavy atom. The van der Waals surface area contributed by atoms with Crippen LogP contribution in [0.4, 0.5) is 0 Å². The Labute approximate surface area is 140 Å². The molecule has 0 radical (unpaired) electrons. The monoisotopic (exact) mass is 334 g/mol. The SMILES string of the molecule is Cc1noc([C@@H]2CN(C(=O)c3cccc(C)c3Cl)CCN2C)n1. The number of likely N-dealkylation sites (N-methyl/N-ethyl adjacent to an activating group) is 1. The molecule has 7 heteroatoms. The number of hydrogen-bond acceptors (Lipinski definition) is 5. The third-order valence-corrected chi connectivity index (χ3v) is 4.69. The van der Waals surface area contributed by atoms with Crippen LogP contribution in [0.2, 0.25) is 5.02 Å². The predicted octanol–water partition coefficient (Wildman–Crippen LogP) is 2.47. The summed E-state index contributed by atoms with van der Waals surface area (Å²) in [5, 5.41) is 4.36. The molecule has 0 saturated carbocycles. The standard InChI is InChI=1S/C16H19ClN4O2/c1-10-5-4-6-12(14(10)17)16(22)21-8-7-20(3)13(9-21)15-18-11(2)19-23-15/h4-6,13H,7-9H2,1-3H3/t13-/m0/s1. The Balaban J connectivity index is 1.83. The van der Waals surface area contributed by atoms with Crippen molar-refractivity contribution in [2.45, 2.75) is 19.9 Å². The summed E-state index contributed by atoms with van der Waals surface area (Å²) >= 11 is 6.29. The number of rotatable bonds is 2. The van der Waals surface area contributed by atoms with E-state index >= 15 is 0 Å². The Kier molecular flexibility index (Phi) is 4.37. The second-order valence-corrected chi connectivity index (χ2v) is 6.24. The molecule has 0 unspecified atom stereocenters. The fourth-order valence-corrected chi connectivity index (χ4v) is 2.96. The molecule has 1 amide bonds. The maximum atomic E-state index is 12.8. The van der Waals surface area contributed by atoms with Crippen LogP contribution in [0.25, 0.3) is 0 Å². The number of carbonyl (C=O) groups is 1. The molecule has 1 aromatic heterocycles. The molecule has 0 spiro atoms. The lowest BCUT2D eigenvalue weighted by Gasteiger charge is -2.37. The first-order chi connectivity index (χ1) is 11.0. The molecule has 1 aliphatic rings. The molecule has 0 bridgehead atoms. The smallest absolute Gasteiger partial charge is 0.255 e. The molecule has 0 N–H and O–H groups in total. The largest absolute Gasteiger partial charge is 0.338 e. The number of aromatic nitrogens is 2. The van der Waals surface area contributed by atoms with E-state index in [0.29, 0.717) is 35.4 Å². The molecule has 23 heavy (non-hydrogen) atoms. The molecule has 1 atom stereocenters. The summed E-state index contributed by atoms with van der Waals surface area (Å²) in [5.41, 5.74) is 1.44. The van der Waals surface area contributed by atoms with E-state index in [2.05, 4.69) is 15.0 Å². The summed E-state index contributed by atoms with van der Waals surface area (Å²) in [6.45, 7) is 5.56. The van der Waals surface area contributed by atoms with E-state index in [0.717, 1.165) is 12.1 Å². The van der Waals surface area contributed by atoms with Crippen LogP contribution < -0.4 is 0 Å². The quantitative estimate of drug-likeness (QED) is 0.844. The number of aryl methyl sites for hydroxylation is 2. The van der Waals surface area contributed by atoms with E-state index in [1.165, 1.54) is 0 Å². The van der Waals surface area contributed by atoms with Gasteiger partial charge < -0.3 is 9.42 Å². The zero-order valence-electron chi connectivity index (χ0n) is 13.4. The van der Waals surface area contributed by atoms with Crippen molar-refractivity contribution in [3.8, 4) is 0 Å². The van der Waals surface area contributed by atoms with E-state index in [1.807, 2.05) is 26.1 Å². The van der Waals surface area contributed by atoms with Crippen molar-refractivity contribution in [1.29, 1.82) is 0 Å². The van der Waals surface area contributed by atoms with Crippen LogP contribution >= 0.6 is 11.6 Å². The third kappa shape index (κ3) is 3.09. The van der Waals surface area contributed by atoms with Gasteiger partial charge in [-0.05, 0) is 32.5 Å². The minimum absolute atomic E-state index is 0.0620. The Morgan fingerprint density at radius 2 is 2.13 bits per heavy atom. The van der Waals surface area contributed by atoms with Crippen LogP contribution in [-0.4, -0.2) is 52.5 Å². The molecule has 1 fully saturated rings. The zero-order chi connectivity index (χ0) is 16.6. The Hall–Kier alpha value is -1.92. The summed E-state index contributed by atoms with van der Waals surface area (Å²) in [5.74, 6) is 1.07. The molecular weight excluding hydrogens is 316 g/mol. The van der Waals surface area contributed by atoms with Gasteiger partial charge in [0.1, 0.15) is 6.04 Å². The van der Waals surface area contributed by atoms with Gasteiger partial charge in [0.05, 0.1) is 10.6 Å². The lowest BCUT2D eigenvalue weighted by molar-refractivity contribution is 0.0489. The average molecular weight is 335 g/mol. The van der Waals surface area contributed by atoms with Gasteiger partial charge in [0.25, 0.3) is 5.91 Å². The predicted molar refractivity (Wildman–Crippen MR) is 86.5 cm³/mol. The highest BCUT2D eigenvalue weighted by atomic mass is 35.5. The topological polar surface area (TPSA) is 62.5 Å². The molecule has 2 aromatic rings. The van der Waals surface area contributed by atoms with Gasteiger partial charge in [0.15, 0.2) is 5.82 Å². The van der Waals surface area contributed by atoms with Crippen LogP contribution in [0.5, 0.6) is 0 Å². The van der Waals surface area contributed by atoms with Crippen molar-refractivity contribution in [2.75, 3.05) is 26.7 Å². The average Bonchev–Trinajstić information content (AvgIpc) is 2.96. The Morgan fingerprint density at radius 1 is 1.35 bits per heavy atom. The molecular formula is C16H19ClN4O2. The molecule has 122 valence electrons. The van der Waals surface area contributed by atoms with Crippen LogP contribution in [0.1, 0.15) is 33.7 Å². The first kappa shape index (κ1) is 16.0. The van der Waals surface area contributed by atoms with Gasteiger partial charge in [-0.15, -0.1) is 0 Å². The van der Waals surface area contributed by atoms with Gasteiger partial charge in [-0.2, -0.15) is 4.98 Å². The number of amides is 1. The first-order valence-electron chi connectivity index (χ1n) is 7.52. The number of hydrogen-bond donors (Lipinski definition) is 0. The van der Waals surface area contributed by atoms with Gasteiger partial charge in [0, 0.05) is 19.6 Å². The van der Waals surface area contributed by atoms with Crippen molar-refractivity contribution in [2.24, 2.45) is 0 Å². The van der Waals surface area contributed by atoms with Gasteiger partial charge in [0.2, 0.25) is 5.89 Å². The number of piperazine rings is 1. The summed E-state index contributed by atoms with van der Waals surface area (Å²) in [6, 6.07) is 5.41. The molecule has 1 aliphatic heterocycles. The summed E-state index contributed by atoms with van der Waals surface area (Å²) in [7, 11) is 1.99. The van der Waals surface area contributed by atoms with Crippen molar-refractivity contribution in [1.82, 2.24) is 19.9 Å². The minimum atomic E-state index is -0.0996. The Bertz CT molecular complexity index is 731. The first-order valence-corrected chi connectivity index (χ1v) is 7.90. The van der Waals surface area contributed by atoms with Gasteiger partial charge in [-0.25, -0.2) is 0 Å². The van der Waals surface area contributed by atoms with E-state index in [9.17, 15) is 4.79 Å². The van der Waals surface area contributed by atoms with Gasteiger partial charge in [-0.1, -0.05) is 28.9 Å². The molecule has 6 nitrogen and oxygen atoms in total. The van der Waals surface area contributed by atoms with Crippen LogP contribution in [0, 0.1) is 13.8 Å². The van der Waals surface area contributed by atoms with Crippen LogP contribution in [0.3, 0.4) is 0 Å². The van der Waals surface area contributed by atoms with Crippen molar-refractivity contribution < 1.29 is 9.32 Å². The van der Waals surface area contributed by atoms with E-state index in [1.54, 1.807) is 17.9 Å². The fourth-order valence-electron chi connectivity index (χ4n) is 2.76. The lowest BCUT2D eigenvalue weighted by atomic mass is 10.1. The minimum Gasteiger partial charge on any atom is -0.338 e. The van der Waals surface area contributed by atoms with E-state index in [-0.39, 0.29) is 11.9 Å². The highest BCUT2D eigenvalue weighted by molar-refractivity contribution is 6.34. The van der Waals surface area contributed by atoms with E-state index in [4.69, 9.17) is 16.1 Å². The molecule has 1 aromatic carbocycles. The maximum absolute atomic E-state index is 12.8. The number of nitrogens with zero attached hydrogens (tertiary/aromatic N) is 4. The molecule has 1 saturated heterocycles. The highest BCUT2D eigenvalue weighted by Gasteiger charge is 2.33. The molecule has 2 heterocycles. The third-order valence-electron chi connectivity index (χ3n) is 4.19. The maximum Gasteiger partial charge on any atom is 0.255 e. The van der Waals surface area contributed by atoms with Crippen LogP contribution in [0.15, 0.2) is 22.7 Å². The number of carbonyl (C=O) groups excluding carboxylic acids is 1.